The smallest absolute Gasteiger partial charge is 0.310 e. The molecule has 3 aromatic rings. The van der Waals surface area contributed by atoms with Crippen molar-refractivity contribution in [2.24, 2.45) is 0 Å². The Kier molecular flexibility index (Phi) is 4.28. The summed E-state index contributed by atoms with van der Waals surface area (Å²) >= 11 is 18.1. The van der Waals surface area contributed by atoms with E-state index in [9.17, 15) is 9.90 Å². The largest absolute Gasteiger partial charge is 0.481 e. The zero-order valence-corrected chi connectivity index (χ0v) is 14.3. The molecule has 0 bridgehead atoms. The first-order valence-electron chi connectivity index (χ1n) is 6.88. The van der Waals surface area contributed by atoms with Gasteiger partial charge in [0.1, 0.15) is 0 Å². The van der Waals surface area contributed by atoms with Crippen molar-refractivity contribution in [2.75, 3.05) is 0 Å². The topological polar surface area (TPSA) is 53.1 Å². The summed E-state index contributed by atoms with van der Waals surface area (Å²) in [6.45, 7) is 1.65. The van der Waals surface area contributed by atoms with Gasteiger partial charge in [0.15, 0.2) is 0 Å². The lowest BCUT2D eigenvalue weighted by molar-refractivity contribution is -0.138. The van der Waals surface area contributed by atoms with Crippen molar-refractivity contribution >= 4 is 51.7 Å². The molecule has 0 aliphatic rings. The van der Waals surface area contributed by atoms with Crippen molar-refractivity contribution in [3.8, 4) is 11.3 Å². The van der Waals surface area contributed by atoms with Crippen LogP contribution in [0.4, 0.5) is 0 Å². The highest BCUT2D eigenvalue weighted by Crippen LogP contribution is 2.38. The van der Waals surface area contributed by atoms with E-state index in [4.69, 9.17) is 34.8 Å². The lowest BCUT2D eigenvalue weighted by atomic mass is 9.95. The zero-order chi connectivity index (χ0) is 16.7. The molecule has 1 unspecified atom stereocenters. The summed E-state index contributed by atoms with van der Waals surface area (Å²) in [6, 6.07) is 10.6. The molecule has 0 spiro atoms. The zero-order valence-electron chi connectivity index (χ0n) is 12.0. The summed E-state index contributed by atoms with van der Waals surface area (Å²) in [6.07, 6.45) is 0. The number of hydrogen-bond acceptors (Lipinski definition) is 1. The second kappa shape index (κ2) is 6.08. The van der Waals surface area contributed by atoms with Gasteiger partial charge in [-0.15, -0.1) is 0 Å². The number of fused-ring (bicyclic) bond motifs is 1. The number of aromatic nitrogens is 1. The monoisotopic (exact) mass is 367 g/mol. The van der Waals surface area contributed by atoms with E-state index < -0.39 is 11.9 Å². The Morgan fingerprint density at radius 3 is 2.48 bits per heavy atom. The number of halogens is 3. The third kappa shape index (κ3) is 2.92. The lowest BCUT2D eigenvalue weighted by Gasteiger charge is -2.10. The van der Waals surface area contributed by atoms with Crippen LogP contribution in [0, 0.1) is 0 Å². The highest BCUT2D eigenvalue weighted by Gasteiger charge is 2.24. The van der Waals surface area contributed by atoms with Crippen LogP contribution in [0.2, 0.25) is 15.1 Å². The number of nitrogens with one attached hydrogen (secondary N) is 1. The minimum atomic E-state index is -0.910. The highest BCUT2D eigenvalue weighted by molar-refractivity contribution is 6.42. The van der Waals surface area contributed by atoms with Crippen molar-refractivity contribution in [3.05, 3.63) is 57.0 Å². The number of carboxylic acids is 1. The Hall–Kier alpha value is -1.68. The molecule has 0 radical (unpaired) electrons. The van der Waals surface area contributed by atoms with Gasteiger partial charge in [-0.05, 0) is 48.4 Å². The molecule has 3 rings (SSSR count). The molecule has 0 saturated heterocycles. The van der Waals surface area contributed by atoms with E-state index in [-0.39, 0.29) is 0 Å². The number of aromatic amines is 1. The van der Waals surface area contributed by atoms with Crippen LogP contribution in [-0.4, -0.2) is 16.1 Å². The number of carboxylic acid groups (broad SMARTS) is 1. The number of H-pyrrole nitrogens is 1. The Morgan fingerprint density at radius 2 is 1.83 bits per heavy atom. The van der Waals surface area contributed by atoms with Crippen molar-refractivity contribution in [3.63, 3.8) is 0 Å². The number of hydrogen-bond donors (Lipinski definition) is 2. The quantitative estimate of drug-likeness (QED) is 0.597. The molecule has 23 heavy (non-hydrogen) atoms. The molecular weight excluding hydrogens is 357 g/mol. The van der Waals surface area contributed by atoms with Gasteiger partial charge in [-0.3, -0.25) is 4.79 Å². The first-order chi connectivity index (χ1) is 10.9. The molecule has 6 heteroatoms. The molecule has 0 aliphatic carbocycles. The van der Waals surface area contributed by atoms with Gasteiger partial charge < -0.3 is 10.1 Å². The summed E-state index contributed by atoms with van der Waals surface area (Å²) in [7, 11) is 0. The van der Waals surface area contributed by atoms with Crippen molar-refractivity contribution in [1.29, 1.82) is 0 Å². The Bertz CT molecular complexity index is 918. The normalized spacial score (nSPS) is 12.5. The minimum absolute atomic E-state index is 0.412. The summed E-state index contributed by atoms with van der Waals surface area (Å²) < 4.78 is 0. The van der Waals surface area contributed by atoms with Gasteiger partial charge in [-0.2, -0.15) is 0 Å². The van der Waals surface area contributed by atoms with E-state index in [0.717, 1.165) is 16.5 Å². The predicted octanol–water partition coefficient (Wildman–Crippen LogP) is 5.98. The van der Waals surface area contributed by atoms with Crippen molar-refractivity contribution in [2.45, 2.75) is 12.8 Å². The van der Waals surface area contributed by atoms with E-state index in [0.29, 0.717) is 26.3 Å². The molecular formula is C17H12Cl3NO2. The average molecular weight is 369 g/mol. The summed E-state index contributed by atoms with van der Waals surface area (Å²) in [5, 5.41) is 11.7. The average Bonchev–Trinajstić information content (AvgIpc) is 2.87. The van der Waals surface area contributed by atoms with Crippen LogP contribution in [0.3, 0.4) is 0 Å². The van der Waals surface area contributed by atoms with Crippen LogP contribution < -0.4 is 0 Å². The first-order valence-corrected chi connectivity index (χ1v) is 8.01. The third-order valence-corrected chi connectivity index (χ3v) is 4.79. The van der Waals surface area contributed by atoms with Crippen LogP contribution >= 0.6 is 34.8 Å². The van der Waals surface area contributed by atoms with Gasteiger partial charge in [0.2, 0.25) is 0 Å². The molecule has 0 amide bonds. The Labute approximate surface area is 147 Å². The second-order valence-corrected chi connectivity index (χ2v) is 6.54. The van der Waals surface area contributed by atoms with Crippen LogP contribution in [-0.2, 0) is 4.79 Å². The molecule has 2 aromatic carbocycles. The SMILES string of the molecule is CC(C(=O)O)c1c(-c2ccc(Cl)c(Cl)c2)[nH]c2ccc(Cl)cc12. The molecule has 118 valence electrons. The van der Waals surface area contributed by atoms with Gasteiger partial charge in [0, 0.05) is 15.9 Å². The van der Waals surface area contributed by atoms with E-state index in [1.807, 2.05) is 6.07 Å². The van der Waals surface area contributed by atoms with Crippen LogP contribution in [0.15, 0.2) is 36.4 Å². The van der Waals surface area contributed by atoms with E-state index >= 15 is 0 Å². The fourth-order valence-electron chi connectivity index (χ4n) is 2.64. The maximum atomic E-state index is 11.5. The molecule has 1 aromatic heterocycles. The maximum absolute atomic E-state index is 11.5. The van der Waals surface area contributed by atoms with Crippen molar-refractivity contribution in [1.82, 2.24) is 4.98 Å². The predicted molar refractivity (Wildman–Crippen MR) is 94.8 cm³/mol. The number of benzene rings is 2. The highest BCUT2D eigenvalue weighted by atomic mass is 35.5. The molecule has 0 saturated carbocycles. The molecule has 1 heterocycles. The Morgan fingerprint density at radius 1 is 1.09 bits per heavy atom. The van der Waals surface area contributed by atoms with Gasteiger partial charge in [0.25, 0.3) is 0 Å². The van der Waals surface area contributed by atoms with E-state index in [1.54, 1.807) is 37.3 Å². The molecule has 2 N–H and O–H groups in total. The lowest BCUT2D eigenvalue weighted by Crippen LogP contribution is -2.08. The van der Waals surface area contributed by atoms with Gasteiger partial charge in [-0.1, -0.05) is 40.9 Å². The number of carbonyl (C=O) groups is 1. The Balaban J connectivity index is 2.32. The first kappa shape index (κ1) is 16.2. The van der Waals surface area contributed by atoms with Gasteiger partial charge in [-0.25, -0.2) is 0 Å². The number of aliphatic carboxylic acids is 1. The fourth-order valence-corrected chi connectivity index (χ4v) is 3.11. The molecule has 3 nitrogen and oxygen atoms in total. The summed E-state index contributed by atoms with van der Waals surface area (Å²) in [5.74, 6) is -1.61. The second-order valence-electron chi connectivity index (χ2n) is 5.29. The van der Waals surface area contributed by atoms with Gasteiger partial charge >= 0.3 is 5.97 Å². The van der Waals surface area contributed by atoms with E-state index in [1.165, 1.54) is 0 Å². The fraction of sp³-hybridized carbons (Fsp3) is 0.118. The van der Waals surface area contributed by atoms with Crippen molar-refractivity contribution < 1.29 is 9.90 Å². The van der Waals surface area contributed by atoms with Crippen LogP contribution in [0.25, 0.3) is 22.2 Å². The molecule has 0 fully saturated rings. The van der Waals surface area contributed by atoms with Crippen LogP contribution in [0.5, 0.6) is 0 Å². The number of rotatable bonds is 3. The standard InChI is InChI=1S/C17H12Cl3NO2/c1-8(17(22)23)15-11-7-10(18)3-5-14(11)21-16(15)9-2-4-12(19)13(20)6-9/h2-8,21H,1H3,(H,22,23). The third-order valence-electron chi connectivity index (χ3n) is 3.81. The summed E-state index contributed by atoms with van der Waals surface area (Å²) in [4.78, 5) is 14.8. The van der Waals surface area contributed by atoms with Crippen LogP contribution in [0.1, 0.15) is 18.4 Å². The maximum Gasteiger partial charge on any atom is 0.310 e. The van der Waals surface area contributed by atoms with E-state index in [2.05, 4.69) is 4.98 Å². The molecule has 1 atom stereocenters. The van der Waals surface area contributed by atoms with Gasteiger partial charge in [0.05, 0.1) is 21.7 Å². The summed E-state index contributed by atoms with van der Waals surface area (Å²) in [5.41, 5.74) is 2.97. The minimum Gasteiger partial charge on any atom is -0.481 e. The molecule has 0 aliphatic heterocycles.